The predicted molar refractivity (Wildman–Crippen MR) is 86.9 cm³/mol. The van der Waals surface area contributed by atoms with Crippen LogP contribution >= 0.6 is 11.5 Å². The molecule has 2 N–H and O–H groups in total. The standard InChI is InChI=1S/C16H22N2O2S/c17-12-6-8-13(9-7-12)20-11-3-10-18-16(19)14-4-1-2-5-15(14)21-18/h1-2,4-5,12-13H,3,6-11,17H2. The molecule has 0 radical (unpaired) electrons. The Kier molecular flexibility index (Phi) is 4.73. The molecule has 4 nitrogen and oxygen atoms in total. The van der Waals surface area contributed by atoms with E-state index in [1.54, 1.807) is 11.5 Å². The minimum absolute atomic E-state index is 0.124. The van der Waals surface area contributed by atoms with E-state index in [9.17, 15) is 4.79 Å². The summed E-state index contributed by atoms with van der Waals surface area (Å²) in [6, 6.07) is 8.14. The van der Waals surface area contributed by atoms with E-state index in [1.165, 1.54) is 0 Å². The third-order valence-corrected chi connectivity index (χ3v) is 5.25. The normalized spacial score (nSPS) is 22.7. The smallest absolute Gasteiger partial charge is 0.268 e. The summed E-state index contributed by atoms with van der Waals surface area (Å²) >= 11 is 1.54. The average Bonchev–Trinajstić information content (AvgIpc) is 2.82. The summed E-state index contributed by atoms with van der Waals surface area (Å²) in [6.45, 7) is 1.46. The van der Waals surface area contributed by atoms with Crippen molar-refractivity contribution in [1.82, 2.24) is 3.96 Å². The number of aryl methyl sites for hydroxylation is 1. The summed E-state index contributed by atoms with van der Waals surface area (Å²) in [7, 11) is 0. The number of rotatable bonds is 5. The zero-order chi connectivity index (χ0) is 14.7. The predicted octanol–water partition coefficient (Wildman–Crippen LogP) is 2.74. The van der Waals surface area contributed by atoms with Crippen molar-refractivity contribution in [3.8, 4) is 0 Å². The molecular weight excluding hydrogens is 284 g/mol. The average molecular weight is 306 g/mol. The van der Waals surface area contributed by atoms with Crippen molar-refractivity contribution in [2.75, 3.05) is 6.61 Å². The van der Waals surface area contributed by atoms with Crippen molar-refractivity contribution in [3.63, 3.8) is 0 Å². The second-order valence-electron chi connectivity index (χ2n) is 5.76. The second-order valence-corrected chi connectivity index (χ2v) is 6.82. The first-order chi connectivity index (χ1) is 10.2. The number of benzene rings is 1. The van der Waals surface area contributed by atoms with Gasteiger partial charge in [0, 0.05) is 19.2 Å². The SMILES string of the molecule is NC1CCC(OCCCn2sc3ccccc3c2=O)CC1. The fourth-order valence-corrected chi connectivity index (χ4v) is 3.91. The topological polar surface area (TPSA) is 57.2 Å². The Bertz CT molecular complexity index is 641. The molecule has 1 heterocycles. The van der Waals surface area contributed by atoms with Gasteiger partial charge in [0.25, 0.3) is 5.56 Å². The van der Waals surface area contributed by atoms with Gasteiger partial charge in [0.2, 0.25) is 0 Å². The lowest BCUT2D eigenvalue weighted by atomic mass is 9.94. The van der Waals surface area contributed by atoms with Gasteiger partial charge in [-0.05, 0) is 44.2 Å². The fraction of sp³-hybridized carbons (Fsp3) is 0.562. The van der Waals surface area contributed by atoms with Crippen LogP contribution in [0, 0.1) is 0 Å². The number of nitrogens with two attached hydrogens (primary N) is 1. The van der Waals surface area contributed by atoms with E-state index in [0.717, 1.165) is 55.3 Å². The molecule has 3 rings (SSSR count). The Morgan fingerprint density at radius 3 is 2.76 bits per heavy atom. The Hall–Kier alpha value is -1.17. The lowest BCUT2D eigenvalue weighted by Crippen LogP contribution is -2.30. The Morgan fingerprint density at radius 1 is 1.24 bits per heavy atom. The summed E-state index contributed by atoms with van der Waals surface area (Å²) in [5.74, 6) is 0. The van der Waals surface area contributed by atoms with Crippen LogP contribution in [0.5, 0.6) is 0 Å². The molecule has 114 valence electrons. The molecule has 0 amide bonds. The van der Waals surface area contributed by atoms with Crippen LogP contribution in [0.3, 0.4) is 0 Å². The second kappa shape index (κ2) is 6.73. The summed E-state index contributed by atoms with van der Waals surface area (Å²) in [6.07, 6.45) is 5.54. The van der Waals surface area contributed by atoms with Crippen molar-refractivity contribution in [3.05, 3.63) is 34.6 Å². The van der Waals surface area contributed by atoms with Crippen LogP contribution in [0.4, 0.5) is 0 Å². The van der Waals surface area contributed by atoms with Crippen molar-refractivity contribution in [1.29, 1.82) is 0 Å². The number of hydrogen-bond acceptors (Lipinski definition) is 4. The Morgan fingerprint density at radius 2 is 2.00 bits per heavy atom. The van der Waals surface area contributed by atoms with Crippen LogP contribution in [0.25, 0.3) is 10.1 Å². The molecule has 1 aliphatic rings. The highest BCUT2D eigenvalue weighted by molar-refractivity contribution is 7.13. The monoisotopic (exact) mass is 306 g/mol. The van der Waals surface area contributed by atoms with Gasteiger partial charge in [0.1, 0.15) is 0 Å². The quantitative estimate of drug-likeness (QED) is 0.864. The third kappa shape index (κ3) is 3.54. The van der Waals surface area contributed by atoms with Crippen LogP contribution in [0.1, 0.15) is 32.1 Å². The van der Waals surface area contributed by atoms with Crippen LogP contribution < -0.4 is 11.3 Å². The van der Waals surface area contributed by atoms with Gasteiger partial charge >= 0.3 is 0 Å². The molecule has 1 fully saturated rings. The van der Waals surface area contributed by atoms with Crippen LogP contribution in [-0.4, -0.2) is 22.7 Å². The van der Waals surface area contributed by atoms with E-state index in [-0.39, 0.29) is 5.56 Å². The van der Waals surface area contributed by atoms with E-state index in [2.05, 4.69) is 0 Å². The number of aromatic nitrogens is 1. The molecule has 0 saturated heterocycles. The van der Waals surface area contributed by atoms with Gasteiger partial charge in [0.15, 0.2) is 0 Å². The molecule has 0 spiro atoms. The Balaban J connectivity index is 1.48. The molecule has 0 atom stereocenters. The molecule has 1 aromatic heterocycles. The zero-order valence-corrected chi connectivity index (χ0v) is 13.0. The largest absolute Gasteiger partial charge is 0.378 e. The van der Waals surface area contributed by atoms with Crippen LogP contribution in [0.15, 0.2) is 29.1 Å². The lowest BCUT2D eigenvalue weighted by molar-refractivity contribution is 0.0227. The van der Waals surface area contributed by atoms with Crippen molar-refractivity contribution >= 4 is 21.6 Å². The van der Waals surface area contributed by atoms with Crippen LogP contribution in [0.2, 0.25) is 0 Å². The van der Waals surface area contributed by atoms with Gasteiger partial charge < -0.3 is 10.5 Å². The van der Waals surface area contributed by atoms with Crippen LogP contribution in [-0.2, 0) is 11.3 Å². The molecule has 1 saturated carbocycles. The van der Waals surface area contributed by atoms with E-state index in [4.69, 9.17) is 10.5 Å². The molecule has 1 aliphatic carbocycles. The van der Waals surface area contributed by atoms with Gasteiger partial charge in [-0.3, -0.25) is 8.75 Å². The van der Waals surface area contributed by atoms with Crippen molar-refractivity contribution in [2.45, 2.75) is 50.8 Å². The third-order valence-electron chi connectivity index (χ3n) is 4.13. The minimum Gasteiger partial charge on any atom is -0.378 e. The first-order valence-electron chi connectivity index (χ1n) is 7.70. The molecule has 1 aromatic carbocycles. The van der Waals surface area contributed by atoms with Gasteiger partial charge in [0.05, 0.1) is 16.2 Å². The highest BCUT2D eigenvalue weighted by Crippen LogP contribution is 2.20. The molecule has 21 heavy (non-hydrogen) atoms. The molecule has 2 aromatic rings. The molecule has 5 heteroatoms. The molecule has 0 bridgehead atoms. The molecule has 0 aliphatic heterocycles. The number of nitrogens with zero attached hydrogens (tertiary/aromatic N) is 1. The van der Waals surface area contributed by atoms with Gasteiger partial charge in [-0.2, -0.15) is 0 Å². The van der Waals surface area contributed by atoms with Crippen molar-refractivity contribution in [2.24, 2.45) is 5.73 Å². The lowest BCUT2D eigenvalue weighted by Gasteiger charge is -2.26. The maximum absolute atomic E-state index is 12.2. The molecular formula is C16H22N2O2S. The van der Waals surface area contributed by atoms with Crippen molar-refractivity contribution < 1.29 is 4.74 Å². The van der Waals surface area contributed by atoms with E-state index >= 15 is 0 Å². The minimum atomic E-state index is 0.124. The van der Waals surface area contributed by atoms with E-state index in [1.807, 2.05) is 28.2 Å². The fourth-order valence-electron chi connectivity index (χ4n) is 2.88. The van der Waals surface area contributed by atoms with Gasteiger partial charge in [-0.15, -0.1) is 0 Å². The van der Waals surface area contributed by atoms with E-state index in [0.29, 0.717) is 12.1 Å². The summed E-state index contributed by atoms with van der Waals surface area (Å²) in [5.41, 5.74) is 6.01. The van der Waals surface area contributed by atoms with Gasteiger partial charge in [-0.1, -0.05) is 23.7 Å². The first kappa shape index (κ1) is 14.8. The summed E-state index contributed by atoms with van der Waals surface area (Å²) < 4.78 is 8.80. The first-order valence-corrected chi connectivity index (χ1v) is 8.47. The summed E-state index contributed by atoms with van der Waals surface area (Å²) in [5, 5.41) is 0.824. The Labute approximate surface area is 128 Å². The number of fused-ring (bicyclic) bond motifs is 1. The van der Waals surface area contributed by atoms with Gasteiger partial charge in [-0.25, -0.2) is 0 Å². The zero-order valence-electron chi connectivity index (χ0n) is 12.2. The van der Waals surface area contributed by atoms with E-state index < -0.39 is 0 Å². The maximum atomic E-state index is 12.2. The highest BCUT2D eigenvalue weighted by Gasteiger charge is 2.18. The highest BCUT2D eigenvalue weighted by atomic mass is 32.1. The number of hydrogen-bond donors (Lipinski definition) is 1. The number of ether oxygens (including phenoxy) is 1. The maximum Gasteiger partial charge on any atom is 0.268 e. The summed E-state index contributed by atoms with van der Waals surface area (Å²) in [4.78, 5) is 12.2. The molecule has 0 unspecified atom stereocenters.